The number of aromatic nitrogens is 4. The summed E-state index contributed by atoms with van der Waals surface area (Å²) in [5.41, 5.74) is 4.00. The van der Waals surface area contributed by atoms with E-state index in [0.717, 1.165) is 29.7 Å². The molecule has 0 bridgehead atoms. The monoisotopic (exact) mass is 460 g/mol. The lowest BCUT2D eigenvalue weighted by Gasteiger charge is -2.19. The average molecular weight is 461 g/mol. The molecule has 9 nitrogen and oxygen atoms in total. The Morgan fingerprint density at radius 1 is 1.15 bits per heavy atom. The topological polar surface area (TPSA) is 123 Å². The van der Waals surface area contributed by atoms with Gasteiger partial charge in [-0.15, -0.1) is 5.10 Å². The van der Waals surface area contributed by atoms with Crippen LogP contribution in [0, 0.1) is 5.41 Å². The SMILES string of the molecule is CC(C)c1cnnc(Nc2ccc3ncc(/C(C=N)=C/NCC(O)CN4CCCC4)cc3n2)c1. The molecule has 34 heavy (non-hydrogen) atoms. The Hall–Kier alpha value is -3.43. The van der Waals surface area contributed by atoms with Crippen LogP contribution in [0.2, 0.25) is 0 Å². The van der Waals surface area contributed by atoms with E-state index in [1.807, 2.05) is 24.3 Å². The van der Waals surface area contributed by atoms with Gasteiger partial charge in [0.25, 0.3) is 0 Å². The number of nitrogens with one attached hydrogen (secondary N) is 3. The summed E-state index contributed by atoms with van der Waals surface area (Å²) in [6.45, 7) is 7.43. The van der Waals surface area contributed by atoms with Gasteiger partial charge in [-0.3, -0.25) is 4.98 Å². The highest BCUT2D eigenvalue weighted by molar-refractivity contribution is 6.08. The molecule has 3 aromatic rings. The lowest BCUT2D eigenvalue weighted by atomic mass is 10.1. The number of allylic oxidation sites excluding steroid dienone is 1. The zero-order valence-corrected chi connectivity index (χ0v) is 19.7. The predicted octanol–water partition coefficient (Wildman–Crippen LogP) is 3.32. The number of pyridine rings is 2. The largest absolute Gasteiger partial charge is 0.390 e. The van der Waals surface area contributed by atoms with Crippen molar-refractivity contribution < 1.29 is 5.11 Å². The Morgan fingerprint density at radius 2 is 1.97 bits per heavy atom. The molecule has 1 atom stereocenters. The molecule has 1 fully saturated rings. The number of fused-ring (bicyclic) bond motifs is 1. The van der Waals surface area contributed by atoms with Crippen molar-refractivity contribution in [3.63, 3.8) is 0 Å². The van der Waals surface area contributed by atoms with Crippen LogP contribution < -0.4 is 10.6 Å². The molecule has 9 heteroatoms. The lowest BCUT2D eigenvalue weighted by molar-refractivity contribution is 0.127. The fourth-order valence-corrected chi connectivity index (χ4v) is 3.96. The Bertz CT molecular complexity index is 1160. The quantitative estimate of drug-likeness (QED) is 0.340. The van der Waals surface area contributed by atoms with Gasteiger partial charge in [0.05, 0.1) is 23.3 Å². The average Bonchev–Trinajstić information content (AvgIpc) is 3.34. The van der Waals surface area contributed by atoms with E-state index in [2.05, 4.69) is 49.5 Å². The van der Waals surface area contributed by atoms with E-state index in [1.54, 1.807) is 18.6 Å². The Balaban J connectivity index is 1.45. The van der Waals surface area contributed by atoms with E-state index >= 15 is 0 Å². The second-order valence-corrected chi connectivity index (χ2v) is 8.93. The molecule has 178 valence electrons. The van der Waals surface area contributed by atoms with Crippen molar-refractivity contribution in [1.29, 1.82) is 5.41 Å². The molecule has 0 spiro atoms. The van der Waals surface area contributed by atoms with Crippen LogP contribution in [0.1, 0.15) is 43.7 Å². The molecule has 1 aliphatic rings. The third-order valence-corrected chi connectivity index (χ3v) is 5.90. The molecule has 0 amide bonds. The first-order chi connectivity index (χ1) is 16.5. The Kier molecular flexibility index (Phi) is 7.76. The first-order valence-electron chi connectivity index (χ1n) is 11.7. The first kappa shape index (κ1) is 23.7. The maximum atomic E-state index is 10.3. The molecule has 4 heterocycles. The molecule has 1 aliphatic heterocycles. The molecular weight excluding hydrogens is 428 g/mol. The van der Waals surface area contributed by atoms with Gasteiger partial charge in [0.1, 0.15) is 5.82 Å². The number of rotatable bonds is 10. The second-order valence-electron chi connectivity index (χ2n) is 8.93. The molecule has 4 N–H and O–H groups in total. The summed E-state index contributed by atoms with van der Waals surface area (Å²) in [6, 6.07) is 7.63. The van der Waals surface area contributed by atoms with E-state index in [9.17, 15) is 5.11 Å². The van der Waals surface area contributed by atoms with Gasteiger partial charge in [-0.05, 0) is 61.7 Å². The standard InChI is InChI=1S/C25H32N8O/c1-17(2)18-10-25(32-29-14-18)31-24-6-5-22-23(30-24)9-19(13-28-22)20(11-26)12-27-15-21(34)16-33-7-3-4-8-33/h5-6,9-14,17,21,26-27,34H,3-4,7-8,15-16H2,1-2H3,(H,30,31,32)/b20-12+,26-11?. The van der Waals surface area contributed by atoms with Gasteiger partial charge in [-0.1, -0.05) is 13.8 Å². The van der Waals surface area contributed by atoms with Crippen LogP contribution in [0.3, 0.4) is 0 Å². The molecule has 4 rings (SSSR count). The van der Waals surface area contributed by atoms with Crippen molar-refractivity contribution in [2.75, 3.05) is 31.5 Å². The minimum atomic E-state index is -0.455. The third kappa shape index (κ3) is 6.12. The number of nitrogens with zero attached hydrogens (tertiary/aromatic N) is 5. The van der Waals surface area contributed by atoms with Crippen LogP contribution in [0.25, 0.3) is 16.6 Å². The number of likely N-dealkylation sites (tertiary alicyclic amines) is 1. The summed E-state index contributed by atoms with van der Waals surface area (Å²) in [7, 11) is 0. The van der Waals surface area contributed by atoms with E-state index in [0.29, 0.717) is 41.7 Å². The summed E-state index contributed by atoms with van der Waals surface area (Å²) in [5.74, 6) is 1.64. The van der Waals surface area contributed by atoms with Gasteiger partial charge < -0.3 is 26.0 Å². The zero-order valence-electron chi connectivity index (χ0n) is 19.7. The number of anilines is 2. The van der Waals surface area contributed by atoms with Crippen molar-refractivity contribution >= 4 is 34.5 Å². The van der Waals surface area contributed by atoms with Gasteiger partial charge in [0, 0.05) is 42.8 Å². The highest BCUT2D eigenvalue weighted by Crippen LogP contribution is 2.21. The molecule has 1 unspecified atom stereocenters. The number of aliphatic hydroxyl groups excluding tert-OH is 1. The summed E-state index contributed by atoms with van der Waals surface area (Å²) in [5, 5.41) is 32.7. The predicted molar refractivity (Wildman–Crippen MR) is 135 cm³/mol. The second kappa shape index (κ2) is 11.1. The highest BCUT2D eigenvalue weighted by atomic mass is 16.3. The van der Waals surface area contributed by atoms with Crippen LogP contribution in [-0.4, -0.2) is 68.7 Å². The zero-order chi connectivity index (χ0) is 23.9. The molecule has 1 saturated heterocycles. The number of hydrogen-bond acceptors (Lipinski definition) is 9. The summed E-state index contributed by atoms with van der Waals surface area (Å²) in [6.07, 6.45) is 8.48. The molecule has 0 aromatic carbocycles. The van der Waals surface area contributed by atoms with E-state index in [-0.39, 0.29) is 0 Å². The number of β-amino-alcohol motifs (C(OH)–C–C–N with tert-alkyl or cyclic N) is 1. The Labute approximate surface area is 199 Å². The smallest absolute Gasteiger partial charge is 0.154 e. The van der Waals surface area contributed by atoms with Gasteiger partial charge in [-0.2, -0.15) is 5.10 Å². The first-order valence-corrected chi connectivity index (χ1v) is 11.7. The molecule has 0 radical (unpaired) electrons. The van der Waals surface area contributed by atoms with Crippen molar-refractivity contribution in [2.24, 2.45) is 0 Å². The van der Waals surface area contributed by atoms with E-state index in [1.165, 1.54) is 19.1 Å². The Morgan fingerprint density at radius 3 is 2.74 bits per heavy atom. The minimum absolute atomic E-state index is 0.355. The van der Waals surface area contributed by atoms with Crippen LogP contribution >= 0.6 is 0 Å². The van der Waals surface area contributed by atoms with Crippen molar-refractivity contribution in [3.8, 4) is 0 Å². The number of aliphatic hydroxyl groups is 1. The molecule has 3 aromatic heterocycles. The van der Waals surface area contributed by atoms with E-state index in [4.69, 9.17) is 5.41 Å². The minimum Gasteiger partial charge on any atom is -0.390 e. The normalized spacial score (nSPS) is 15.6. The van der Waals surface area contributed by atoms with Gasteiger partial charge in [-0.25, -0.2) is 4.98 Å². The van der Waals surface area contributed by atoms with Gasteiger partial charge >= 0.3 is 0 Å². The summed E-state index contributed by atoms with van der Waals surface area (Å²) >= 11 is 0. The maximum absolute atomic E-state index is 10.3. The van der Waals surface area contributed by atoms with Crippen molar-refractivity contribution in [2.45, 2.75) is 38.7 Å². The van der Waals surface area contributed by atoms with Crippen molar-refractivity contribution in [1.82, 2.24) is 30.4 Å². The molecule has 0 saturated carbocycles. The fraction of sp³-hybridized carbons (Fsp3) is 0.400. The van der Waals surface area contributed by atoms with Gasteiger partial charge in [0.2, 0.25) is 0 Å². The van der Waals surface area contributed by atoms with Crippen LogP contribution in [0.5, 0.6) is 0 Å². The third-order valence-electron chi connectivity index (χ3n) is 5.90. The fourth-order valence-electron chi connectivity index (χ4n) is 3.96. The van der Waals surface area contributed by atoms with Crippen LogP contribution in [0.4, 0.5) is 11.6 Å². The van der Waals surface area contributed by atoms with Crippen LogP contribution in [-0.2, 0) is 0 Å². The molecule has 0 aliphatic carbocycles. The summed E-state index contributed by atoms with van der Waals surface area (Å²) < 4.78 is 0. The highest BCUT2D eigenvalue weighted by Gasteiger charge is 2.15. The molecular formula is C25H32N8O. The van der Waals surface area contributed by atoms with Crippen LogP contribution in [0.15, 0.2) is 42.9 Å². The van der Waals surface area contributed by atoms with E-state index < -0.39 is 6.10 Å². The maximum Gasteiger partial charge on any atom is 0.154 e. The lowest BCUT2D eigenvalue weighted by Crippen LogP contribution is -2.35. The van der Waals surface area contributed by atoms with Crippen molar-refractivity contribution in [3.05, 3.63) is 54.0 Å². The number of hydrogen-bond donors (Lipinski definition) is 4. The summed E-state index contributed by atoms with van der Waals surface area (Å²) in [4.78, 5) is 11.5. The van der Waals surface area contributed by atoms with Gasteiger partial charge in [0.15, 0.2) is 5.82 Å².